The largest absolute Gasteiger partial charge is 0.435 e. The van der Waals surface area contributed by atoms with Crippen LogP contribution >= 0.6 is 11.5 Å². The fourth-order valence-electron chi connectivity index (χ4n) is 1.14. The number of nitrogens with zero attached hydrogens (tertiary/aromatic N) is 2. The molecule has 0 aliphatic rings. The monoisotopic (exact) mass is 243 g/mol. The van der Waals surface area contributed by atoms with E-state index in [9.17, 15) is 8.78 Å². The Bertz CT molecular complexity index is 472. The van der Waals surface area contributed by atoms with E-state index in [1.807, 2.05) is 0 Å². The van der Waals surface area contributed by atoms with E-state index in [0.29, 0.717) is 16.5 Å². The van der Waals surface area contributed by atoms with Crippen LogP contribution in [-0.2, 0) is 0 Å². The molecule has 4 nitrogen and oxygen atoms in total. The Balaban J connectivity index is 2.19. The number of anilines is 1. The van der Waals surface area contributed by atoms with Crippen LogP contribution in [0.15, 0.2) is 24.3 Å². The van der Waals surface area contributed by atoms with Gasteiger partial charge in [0, 0.05) is 17.1 Å². The topological polar surface area (TPSA) is 61.0 Å². The number of hydrogen-bond acceptors (Lipinski definition) is 5. The first kappa shape index (κ1) is 10.7. The molecule has 0 fully saturated rings. The lowest BCUT2D eigenvalue weighted by Gasteiger charge is -2.03. The van der Waals surface area contributed by atoms with Gasteiger partial charge >= 0.3 is 6.61 Å². The van der Waals surface area contributed by atoms with Crippen LogP contribution in [0.3, 0.4) is 0 Å². The van der Waals surface area contributed by atoms with Crippen LogP contribution in [0, 0.1) is 0 Å². The van der Waals surface area contributed by atoms with Crippen molar-refractivity contribution in [1.29, 1.82) is 0 Å². The summed E-state index contributed by atoms with van der Waals surface area (Å²) in [5.74, 6) is 0.577. The van der Waals surface area contributed by atoms with Gasteiger partial charge in [0.2, 0.25) is 0 Å². The van der Waals surface area contributed by atoms with Gasteiger partial charge in [0.25, 0.3) is 0 Å². The Morgan fingerprint density at radius 1 is 1.25 bits per heavy atom. The summed E-state index contributed by atoms with van der Waals surface area (Å²) in [6.07, 6.45) is 0. The minimum atomic E-state index is -2.82. The minimum absolute atomic E-state index is 0.0990. The molecule has 84 valence electrons. The van der Waals surface area contributed by atoms with Gasteiger partial charge in [-0.2, -0.15) is 18.1 Å². The lowest BCUT2D eigenvalue weighted by Crippen LogP contribution is -2.01. The highest BCUT2D eigenvalue weighted by atomic mass is 32.1. The first-order valence-corrected chi connectivity index (χ1v) is 5.07. The molecule has 0 saturated carbocycles. The van der Waals surface area contributed by atoms with Gasteiger partial charge in [-0.15, -0.1) is 0 Å². The van der Waals surface area contributed by atoms with Crippen molar-refractivity contribution in [3.8, 4) is 17.1 Å². The standard InChI is InChI=1S/C9H7F2N3OS/c10-8(11)15-6-3-1-5(2-4-6)7-13-9(12)16-14-7/h1-4,8H,(H2,12,13,14). The lowest BCUT2D eigenvalue weighted by molar-refractivity contribution is -0.0498. The van der Waals surface area contributed by atoms with E-state index in [0.717, 1.165) is 11.5 Å². The predicted octanol–water partition coefficient (Wildman–Crippen LogP) is 2.39. The van der Waals surface area contributed by atoms with Crippen molar-refractivity contribution < 1.29 is 13.5 Å². The van der Waals surface area contributed by atoms with Crippen LogP contribution in [0.5, 0.6) is 5.75 Å². The summed E-state index contributed by atoms with van der Waals surface area (Å²) in [5, 5.41) is 0.364. The summed E-state index contributed by atoms with van der Waals surface area (Å²) in [6, 6.07) is 6.05. The van der Waals surface area contributed by atoms with Crippen molar-refractivity contribution >= 4 is 16.7 Å². The maximum atomic E-state index is 11.9. The van der Waals surface area contributed by atoms with E-state index in [4.69, 9.17) is 5.73 Å². The Labute approximate surface area is 93.9 Å². The fraction of sp³-hybridized carbons (Fsp3) is 0.111. The molecule has 0 saturated heterocycles. The summed E-state index contributed by atoms with van der Waals surface area (Å²) < 4.78 is 32.0. The zero-order valence-electron chi connectivity index (χ0n) is 7.93. The van der Waals surface area contributed by atoms with Gasteiger partial charge in [0.1, 0.15) is 5.75 Å². The van der Waals surface area contributed by atoms with Gasteiger partial charge < -0.3 is 10.5 Å². The number of halogens is 2. The van der Waals surface area contributed by atoms with E-state index < -0.39 is 6.61 Å². The zero-order valence-corrected chi connectivity index (χ0v) is 8.75. The number of nitrogen functional groups attached to an aromatic ring is 1. The Kier molecular flexibility index (Phi) is 2.95. The second-order valence-electron chi connectivity index (χ2n) is 2.86. The van der Waals surface area contributed by atoms with Crippen LogP contribution in [0.1, 0.15) is 0 Å². The van der Waals surface area contributed by atoms with Gasteiger partial charge in [-0.3, -0.25) is 0 Å². The summed E-state index contributed by atoms with van der Waals surface area (Å²) >= 11 is 1.08. The van der Waals surface area contributed by atoms with Crippen molar-refractivity contribution in [2.45, 2.75) is 6.61 Å². The van der Waals surface area contributed by atoms with E-state index in [1.165, 1.54) is 12.1 Å². The molecule has 0 radical (unpaired) electrons. The maximum Gasteiger partial charge on any atom is 0.387 e. The lowest BCUT2D eigenvalue weighted by atomic mass is 10.2. The molecule has 0 aliphatic heterocycles. The van der Waals surface area contributed by atoms with Gasteiger partial charge in [0.05, 0.1) is 0 Å². The molecule has 0 atom stereocenters. The third-order valence-electron chi connectivity index (χ3n) is 1.78. The first-order valence-electron chi connectivity index (χ1n) is 4.29. The quantitative estimate of drug-likeness (QED) is 0.899. The Hall–Kier alpha value is -1.76. The van der Waals surface area contributed by atoms with Gasteiger partial charge in [-0.05, 0) is 24.3 Å². The third-order valence-corrected chi connectivity index (χ3v) is 2.32. The van der Waals surface area contributed by atoms with Crippen LogP contribution in [0.2, 0.25) is 0 Å². The minimum Gasteiger partial charge on any atom is -0.435 e. The van der Waals surface area contributed by atoms with E-state index >= 15 is 0 Å². The second-order valence-corrected chi connectivity index (χ2v) is 3.64. The van der Waals surface area contributed by atoms with E-state index in [1.54, 1.807) is 12.1 Å². The molecular formula is C9H7F2N3OS. The summed E-state index contributed by atoms with van der Waals surface area (Å²) in [5.41, 5.74) is 6.14. The molecule has 1 aromatic carbocycles. The first-order chi connectivity index (χ1) is 7.65. The predicted molar refractivity (Wildman–Crippen MR) is 56.4 cm³/mol. The second kappa shape index (κ2) is 4.40. The highest BCUT2D eigenvalue weighted by molar-refractivity contribution is 7.09. The molecule has 0 amide bonds. The van der Waals surface area contributed by atoms with Crippen LogP contribution < -0.4 is 10.5 Å². The molecule has 0 aliphatic carbocycles. The molecular weight excluding hydrogens is 236 g/mol. The number of rotatable bonds is 3. The highest BCUT2D eigenvalue weighted by Crippen LogP contribution is 2.22. The van der Waals surface area contributed by atoms with E-state index in [2.05, 4.69) is 14.1 Å². The summed E-state index contributed by atoms with van der Waals surface area (Å²) in [4.78, 5) is 3.97. The number of ether oxygens (including phenoxy) is 1. The molecule has 1 heterocycles. The molecule has 2 rings (SSSR count). The van der Waals surface area contributed by atoms with Crippen molar-refractivity contribution in [3.05, 3.63) is 24.3 Å². The highest BCUT2D eigenvalue weighted by Gasteiger charge is 2.07. The Morgan fingerprint density at radius 2 is 1.94 bits per heavy atom. The van der Waals surface area contributed by atoms with Crippen LogP contribution in [-0.4, -0.2) is 16.0 Å². The number of benzene rings is 1. The number of aromatic nitrogens is 2. The van der Waals surface area contributed by atoms with Gasteiger partial charge in [0.15, 0.2) is 11.0 Å². The van der Waals surface area contributed by atoms with Crippen molar-refractivity contribution in [3.63, 3.8) is 0 Å². The molecule has 2 N–H and O–H groups in total. The van der Waals surface area contributed by atoms with Crippen LogP contribution in [0.4, 0.5) is 13.9 Å². The zero-order chi connectivity index (χ0) is 11.5. The molecule has 0 spiro atoms. The third kappa shape index (κ3) is 2.43. The average molecular weight is 243 g/mol. The van der Waals surface area contributed by atoms with Crippen molar-refractivity contribution in [2.75, 3.05) is 5.73 Å². The van der Waals surface area contributed by atoms with Crippen LogP contribution in [0.25, 0.3) is 11.4 Å². The van der Waals surface area contributed by atoms with Gasteiger partial charge in [-0.25, -0.2) is 0 Å². The average Bonchev–Trinajstić information content (AvgIpc) is 2.65. The fourth-order valence-corrected chi connectivity index (χ4v) is 1.59. The van der Waals surface area contributed by atoms with Crippen molar-refractivity contribution in [2.24, 2.45) is 0 Å². The van der Waals surface area contributed by atoms with Crippen molar-refractivity contribution in [1.82, 2.24) is 9.36 Å². The Morgan fingerprint density at radius 3 is 2.44 bits per heavy atom. The summed E-state index contributed by atoms with van der Waals surface area (Å²) in [7, 11) is 0. The smallest absolute Gasteiger partial charge is 0.387 e. The molecule has 16 heavy (non-hydrogen) atoms. The molecule has 7 heteroatoms. The normalized spacial score (nSPS) is 10.7. The summed E-state index contributed by atoms with van der Waals surface area (Å²) in [6.45, 7) is -2.82. The van der Waals surface area contributed by atoms with Gasteiger partial charge in [-0.1, -0.05) is 0 Å². The number of hydrogen-bond donors (Lipinski definition) is 1. The number of alkyl halides is 2. The van der Waals surface area contributed by atoms with E-state index in [-0.39, 0.29) is 5.75 Å². The maximum absolute atomic E-state index is 11.9. The molecule has 1 aromatic heterocycles. The number of nitrogens with two attached hydrogens (primary N) is 1. The molecule has 2 aromatic rings. The molecule has 0 bridgehead atoms. The molecule has 0 unspecified atom stereocenters. The SMILES string of the molecule is Nc1nc(-c2ccc(OC(F)F)cc2)ns1.